The van der Waals surface area contributed by atoms with Crippen molar-refractivity contribution in [2.45, 2.75) is 58.2 Å². The van der Waals surface area contributed by atoms with Gasteiger partial charge >= 0.3 is 0 Å². The molecule has 1 aliphatic heterocycles. The summed E-state index contributed by atoms with van der Waals surface area (Å²) in [7, 11) is 0. The maximum absolute atomic E-state index is 12.5. The lowest BCUT2D eigenvalue weighted by molar-refractivity contribution is -0.123. The molecule has 116 valence electrons. The van der Waals surface area contributed by atoms with Crippen LogP contribution in [0.1, 0.15) is 52.1 Å². The highest BCUT2D eigenvalue weighted by atomic mass is 16.2. The molecule has 21 heavy (non-hydrogen) atoms. The average Bonchev–Trinajstić information content (AvgIpc) is 2.47. The molecular formula is C17H27N3O. The van der Waals surface area contributed by atoms with Gasteiger partial charge in [-0.1, -0.05) is 25.1 Å². The molecule has 1 aliphatic rings. The lowest BCUT2D eigenvalue weighted by Crippen LogP contribution is -2.53. The lowest BCUT2D eigenvalue weighted by atomic mass is 9.95. The Morgan fingerprint density at radius 1 is 1.48 bits per heavy atom. The fraction of sp³-hybridized carbons (Fsp3) is 0.588. The molecule has 2 unspecified atom stereocenters. The summed E-state index contributed by atoms with van der Waals surface area (Å²) in [4.78, 5) is 14.7. The van der Waals surface area contributed by atoms with Crippen molar-refractivity contribution >= 4 is 11.6 Å². The second kappa shape index (κ2) is 6.06. The fourth-order valence-corrected chi connectivity index (χ4v) is 2.69. The number of rotatable bonds is 4. The van der Waals surface area contributed by atoms with Gasteiger partial charge in [-0.05, 0) is 45.2 Å². The maximum atomic E-state index is 12.5. The number of nitrogens with two attached hydrogens (primary N) is 1. The molecule has 3 N–H and O–H groups in total. The number of nitrogens with one attached hydrogen (secondary N) is 1. The number of para-hydroxylation sites is 1. The molecular weight excluding hydrogens is 262 g/mol. The summed E-state index contributed by atoms with van der Waals surface area (Å²) in [5, 5.41) is 3.13. The number of hydrogen-bond donors (Lipinski definition) is 2. The third-order valence-electron chi connectivity index (χ3n) is 4.52. The molecule has 0 spiro atoms. The second-order valence-corrected chi connectivity index (χ2v) is 6.55. The van der Waals surface area contributed by atoms with Crippen LogP contribution in [0.25, 0.3) is 0 Å². The Morgan fingerprint density at radius 3 is 2.81 bits per heavy atom. The monoisotopic (exact) mass is 289 g/mol. The van der Waals surface area contributed by atoms with Crippen molar-refractivity contribution in [3.05, 3.63) is 29.8 Å². The maximum Gasteiger partial charge on any atom is 0.242 e. The van der Waals surface area contributed by atoms with Crippen molar-refractivity contribution in [2.24, 2.45) is 5.73 Å². The van der Waals surface area contributed by atoms with E-state index in [-0.39, 0.29) is 23.5 Å². The smallest absolute Gasteiger partial charge is 0.242 e. The summed E-state index contributed by atoms with van der Waals surface area (Å²) < 4.78 is 0. The SMILES string of the molecule is CCC(C)(C)NC(=O)C(C)N1CCC(N)c2ccccc21. The van der Waals surface area contributed by atoms with E-state index in [1.54, 1.807) is 0 Å². The third kappa shape index (κ3) is 3.38. The number of carbonyl (C=O) groups excluding carboxylic acids is 1. The number of benzene rings is 1. The van der Waals surface area contributed by atoms with E-state index >= 15 is 0 Å². The van der Waals surface area contributed by atoms with Crippen LogP contribution in [0.2, 0.25) is 0 Å². The van der Waals surface area contributed by atoms with E-state index in [0.29, 0.717) is 0 Å². The molecule has 0 aromatic heterocycles. The van der Waals surface area contributed by atoms with Crippen molar-refractivity contribution in [3.63, 3.8) is 0 Å². The first-order valence-corrected chi connectivity index (χ1v) is 7.79. The first kappa shape index (κ1) is 15.8. The summed E-state index contributed by atoms with van der Waals surface area (Å²) in [6.45, 7) is 8.98. The van der Waals surface area contributed by atoms with Gasteiger partial charge in [0, 0.05) is 23.8 Å². The number of nitrogens with zero attached hydrogens (tertiary/aromatic N) is 1. The molecule has 1 aromatic rings. The van der Waals surface area contributed by atoms with Gasteiger partial charge in [0.05, 0.1) is 0 Å². The Hall–Kier alpha value is -1.55. The largest absolute Gasteiger partial charge is 0.359 e. The van der Waals surface area contributed by atoms with E-state index in [4.69, 9.17) is 5.73 Å². The highest BCUT2D eigenvalue weighted by molar-refractivity contribution is 5.86. The molecule has 0 radical (unpaired) electrons. The molecule has 0 saturated heterocycles. The molecule has 2 rings (SSSR count). The summed E-state index contributed by atoms with van der Waals surface area (Å²) in [5.41, 5.74) is 8.24. The first-order valence-electron chi connectivity index (χ1n) is 7.79. The molecule has 1 amide bonds. The van der Waals surface area contributed by atoms with Crippen LogP contribution in [0.15, 0.2) is 24.3 Å². The van der Waals surface area contributed by atoms with Crippen LogP contribution in [0, 0.1) is 0 Å². The summed E-state index contributed by atoms with van der Waals surface area (Å²) in [6.07, 6.45) is 1.79. The highest BCUT2D eigenvalue weighted by Gasteiger charge is 2.30. The molecule has 0 aliphatic carbocycles. The van der Waals surface area contributed by atoms with Crippen LogP contribution >= 0.6 is 0 Å². The van der Waals surface area contributed by atoms with Crippen molar-refractivity contribution < 1.29 is 4.79 Å². The van der Waals surface area contributed by atoms with Gasteiger partial charge in [0.2, 0.25) is 5.91 Å². The van der Waals surface area contributed by atoms with E-state index in [1.165, 1.54) is 0 Å². The Kier molecular flexibility index (Phi) is 4.57. The molecule has 4 nitrogen and oxygen atoms in total. The standard InChI is InChI=1S/C17H27N3O/c1-5-17(3,4)19-16(21)12(2)20-11-10-14(18)13-8-6-7-9-15(13)20/h6-9,12,14H,5,10-11,18H2,1-4H3,(H,19,21). The number of amides is 1. The molecule has 0 fully saturated rings. The molecule has 0 saturated carbocycles. The van der Waals surface area contributed by atoms with Gasteiger partial charge in [0.1, 0.15) is 6.04 Å². The van der Waals surface area contributed by atoms with Crippen molar-refractivity contribution in [2.75, 3.05) is 11.4 Å². The van der Waals surface area contributed by atoms with Crippen molar-refractivity contribution in [1.82, 2.24) is 5.32 Å². The third-order valence-corrected chi connectivity index (χ3v) is 4.52. The predicted molar refractivity (Wildman–Crippen MR) is 87.3 cm³/mol. The minimum atomic E-state index is -0.190. The van der Waals surface area contributed by atoms with Gasteiger partial charge in [0.25, 0.3) is 0 Å². The van der Waals surface area contributed by atoms with Crippen LogP contribution in [0.3, 0.4) is 0 Å². The van der Waals surface area contributed by atoms with Gasteiger partial charge in [0.15, 0.2) is 0 Å². The van der Waals surface area contributed by atoms with Gasteiger partial charge < -0.3 is 16.0 Å². The van der Waals surface area contributed by atoms with E-state index < -0.39 is 0 Å². The summed E-state index contributed by atoms with van der Waals surface area (Å²) in [5.74, 6) is 0.0760. The Bertz CT molecular complexity index is 513. The van der Waals surface area contributed by atoms with E-state index in [2.05, 4.69) is 43.1 Å². The highest BCUT2D eigenvalue weighted by Crippen LogP contribution is 2.33. The topological polar surface area (TPSA) is 58.4 Å². The average molecular weight is 289 g/mol. The zero-order valence-corrected chi connectivity index (χ0v) is 13.5. The predicted octanol–water partition coefficient (Wildman–Crippen LogP) is 2.59. The van der Waals surface area contributed by atoms with E-state index in [0.717, 1.165) is 30.6 Å². The van der Waals surface area contributed by atoms with E-state index in [9.17, 15) is 4.79 Å². The number of hydrogen-bond acceptors (Lipinski definition) is 3. The lowest BCUT2D eigenvalue weighted by Gasteiger charge is -2.39. The van der Waals surface area contributed by atoms with Crippen LogP contribution in [0.4, 0.5) is 5.69 Å². The Morgan fingerprint density at radius 2 is 2.14 bits per heavy atom. The number of carbonyl (C=O) groups is 1. The van der Waals surface area contributed by atoms with Crippen LogP contribution < -0.4 is 16.0 Å². The van der Waals surface area contributed by atoms with E-state index in [1.807, 2.05) is 19.1 Å². The van der Waals surface area contributed by atoms with Gasteiger partial charge in [-0.3, -0.25) is 4.79 Å². The minimum absolute atomic E-state index is 0.0693. The molecule has 1 heterocycles. The normalized spacial score (nSPS) is 19.9. The Balaban J connectivity index is 2.19. The van der Waals surface area contributed by atoms with Crippen molar-refractivity contribution in [3.8, 4) is 0 Å². The molecule has 2 atom stereocenters. The van der Waals surface area contributed by atoms with Gasteiger partial charge in [-0.2, -0.15) is 0 Å². The van der Waals surface area contributed by atoms with Crippen molar-refractivity contribution in [1.29, 1.82) is 0 Å². The van der Waals surface area contributed by atoms with Crippen LogP contribution in [-0.4, -0.2) is 24.0 Å². The quantitative estimate of drug-likeness (QED) is 0.895. The summed E-state index contributed by atoms with van der Waals surface area (Å²) >= 11 is 0. The van der Waals surface area contributed by atoms with Gasteiger partial charge in [-0.25, -0.2) is 0 Å². The fourth-order valence-electron chi connectivity index (χ4n) is 2.69. The van der Waals surface area contributed by atoms with Gasteiger partial charge in [-0.15, -0.1) is 0 Å². The van der Waals surface area contributed by atoms with Crippen LogP contribution in [-0.2, 0) is 4.79 Å². The number of fused-ring (bicyclic) bond motifs is 1. The molecule has 4 heteroatoms. The molecule has 0 bridgehead atoms. The molecule has 1 aromatic carbocycles. The zero-order chi connectivity index (χ0) is 15.6. The summed E-state index contributed by atoms with van der Waals surface area (Å²) in [6, 6.07) is 8.01. The number of anilines is 1. The first-order chi connectivity index (χ1) is 9.85. The zero-order valence-electron chi connectivity index (χ0n) is 13.5. The minimum Gasteiger partial charge on any atom is -0.359 e. The Labute approximate surface area is 127 Å². The second-order valence-electron chi connectivity index (χ2n) is 6.55. The van der Waals surface area contributed by atoms with Crippen LogP contribution in [0.5, 0.6) is 0 Å².